The summed E-state index contributed by atoms with van der Waals surface area (Å²) >= 11 is 0. The Hall–Kier alpha value is -0.120. The van der Waals surface area contributed by atoms with Gasteiger partial charge in [0.25, 0.3) is 0 Å². The molecule has 0 radical (unpaired) electrons. The smallest absolute Gasteiger partial charge is 0.0459 e. The average Bonchev–Trinajstić information content (AvgIpc) is 2.38. The van der Waals surface area contributed by atoms with Crippen LogP contribution in [0, 0.1) is 5.92 Å². The van der Waals surface area contributed by atoms with Crippen LogP contribution in [-0.4, -0.2) is 60.8 Å². The molecule has 0 bridgehead atoms. The maximum Gasteiger partial charge on any atom is 0.0459 e. The molecule has 1 N–H and O–H groups in total. The molecule has 0 aromatic rings. The number of piperazine rings is 1. The highest BCUT2D eigenvalue weighted by Crippen LogP contribution is 2.13. The molecule has 0 amide bonds. The molecule has 1 aliphatic heterocycles. The van der Waals surface area contributed by atoms with Crippen LogP contribution in [0.25, 0.3) is 0 Å². The molecule has 3 nitrogen and oxygen atoms in total. The van der Waals surface area contributed by atoms with Crippen molar-refractivity contribution >= 4 is 0 Å². The number of rotatable bonds is 8. The fraction of sp³-hybridized carbons (Fsp3) is 1.00. The van der Waals surface area contributed by atoms with Crippen molar-refractivity contribution in [3.63, 3.8) is 0 Å². The van der Waals surface area contributed by atoms with E-state index in [1.165, 1.54) is 65.0 Å². The molecule has 1 heterocycles. The molecule has 1 rings (SSSR count). The Morgan fingerprint density at radius 1 is 1.00 bits per heavy atom. The summed E-state index contributed by atoms with van der Waals surface area (Å²) in [5.74, 6) is 0.539. The number of hydrogen-bond acceptors (Lipinski definition) is 3. The molecule has 0 aliphatic carbocycles. The Kier molecular flexibility index (Phi) is 7.82. The van der Waals surface area contributed by atoms with Gasteiger partial charge in [0.05, 0.1) is 0 Å². The molecule has 0 unspecified atom stereocenters. The van der Waals surface area contributed by atoms with Crippen LogP contribution in [0.5, 0.6) is 0 Å². The normalized spacial score (nSPS) is 20.6. The third kappa shape index (κ3) is 5.84. The summed E-state index contributed by atoms with van der Waals surface area (Å²) in [5, 5.41) is 9.24. The van der Waals surface area contributed by atoms with Crippen LogP contribution < -0.4 is 0 Å². The zero-order valence-corrected chi connectivity index (χ0v) is 11.7. The molecular formula is C14H30N2O. The maximum atomic E-state index is 9.24. The van der Waals surface area contributed by atoms with Crippen molar-refractivity contribution in [3.05, 3.63) is 0 Å². The molecule has 1 saturated heterocycles. The van der Waals surface area contributed by atoms with Crippen molar-refractivity contribution in [1.29, 1.82) is 0 Å². The highest BCUT2D eigenvalue weighted by atomic mass is 16.3. The molecule has 17 heavy (non-hydrogen) atoms. The Balaban J connectivity index is 2.06. The second kappa shape index (κ2) is 8.90. The van der Waals surface area contributed by atoms with Crippen molar-refractivity contribution in [2.75, 3.05) is 45.9 Å². The molecule has 1 aliphatic rings. The summed E-state index contributed by atoms with van der Waals surface area (Å²) in [4.78, 5) is 5.09. The van der Waals surface area contributed by atoms with E-state index < -0.39 is 0 Å². The lowest BCUT2D eigenvalue weighted by molar-refractivity contribution is 0.130. The molecular weight excluding hydrogens is 212 g/mol. The van der Waals surface area contributed by atoms with Gasteiger partial charge in [0.15, 0.2) is 0 Å². The van der Waals surface area contributed by atoms with Crippen molar-refractivity contribution in [2.45, 2.75) is 39.5 Å². The van der Waals surface area contributed by atoms with Crippen LogP contribution in [0.15, 0.2) is 0 Å². The summed E-state index contributed by atoms with van der Waals surface area (Å²) < 4.78 is 0. The summed E-state index contributed by atoms with van der Waals surface area (Å²) in [6.07, 6.45) is 4.82. The molecule has 0 spiro atoms. The van der Waals surface area contributed by atoms with Crippen molar-refractivity contribution in [3.8, 4) is 0 Å². The van der Waals surface area contributed by atoms with Crippen molar-refractivity contribution in [2.24, 2.45) is 5.92 Å². The predicted octanol–water partition coefficient (Wildman–Crippen LogP) is 1.81. The van der Waals surface area contributed by atoms with Crippen LogP contribution >= 0.6 is 0 Å². The van der Waals surface area contributed by atoms with Crippen LogP contribution in [0.3, 0.4) is 0 Å². The number of aliphatic hydroxyl groups is 1. The molecule has 102 valence electrons. The Morgan fingerprint density at radius 3 is 2.18 bits per heavy atom. The van der Waals surface area contributed by atoms with Crippen LogP contribution in [0.2, 0.25) is 0 Å². The van der Waals surface area contributed by atoms with E-state index in [4.69, 9.17) is 0 Å². The minimum absolute atomic E-state index is 0.372. The molecule has 1 fully saturated rings. The number of hydrogen-bond donors (Lipinski definition) is 1. The molecule has 3 heteroatoms. The zero-order valence-electron chi connectivity index (χ0n) is 11.7. The van der Waals surface area contributed by atoms with E-state index >= 15 is 0 Å². The third-order valence-electron chi connectivity index (χ3n) is 3.95. The van der Waals surface area contributed by atoms with Crippen LogP contribution in [0.1, 0.15) is 39.5 Å². The van der Waals surface area contributed by atoms with Gasteiger partial charge in [-0.1, -0.05) is 20.3 Å². The first-order valence-corrected chi connectivity index (χ1v) is 7.35. The van der Waals surface area contributed by atoms with Crippen LogP contribution in [0.4, 0.5) is 0 Å². The molecule has 0 aromatic heterocycles. The monoisotopic (exact) mass is 242 g/mol. The number of aliphatic hydroxyl groups excluding tert-OH is 1. The largest absolute Gasteiger partial charge is 0.396 e. The molecule has 1 atom stereocenters. The lowest BCUT2D eigenvalue weighted by Crippen LogP contribution is -2.46. The summed E-state index contributed by atoms with van der Waals surface area (Å²) in [5.41, 5.74) is 0. The zero-order chi connectivity index (χ0) is 12.5. The number of nitrogens with zero attached hydrogens (tertiary/aromatic N) is 2. The van der Waals surface area contributed by atoms with Crippen molar-refractivity contribution in [1.82, 2.24) is 9.80 Å². The lowest BCUT2D eigenvalue weighted by Gasteiger charge is -2.34. The first-order valence-electron chi connectivity index (χ1n) is 7.35. The topological polar surface area (TPSA) is 26.7 Å². The van der Waals surface area contributed by atoms with Gasteiger partial charge >= 0.3 is 0 Å². The highest BCUT2D eigenvalue weighted by Gasteiger charge is 2.15. The van der Waals surface area contributed by atoms with Gasteiger partial charge < -0.3 is 14.9 Å². The second-order valence-corrected chi connectivity index (χ2v) is 5.26. The highest BCUT2D eigenvalue weighted by molar-refractivity contribution is 4.71. The van der Waals surface area contributed by atoms with Gasteiger partial charge in [-0.2, -0.15) is 0 Å². The van der Waals surface area contributed by atoms with Crippen LogP contribution in [-0.2, 0) is 0 Å². The Labute approximate surface area is 107 Å². The second-order valence-electron chi connectivity index (χ2n) is 5.26. The van der Waals surface area contributed by atoms with Crippen molar-refractivity contribution < 1.29 is 5.11 Å². The van der Waals surface area contributed by atoms with E-state index in [-0.39, 0.29) is 0 Å². The Morgan fingerprint density at radius 2 is 1.65 bits per heavy atom. The third-order valence-corrected chi connectivity index (χ3v) is 3.95. The first kappa shape index (κ1) is 14.9. The van der Waals surface area contributed by atoms with Gasteiger partial charge in [-0.05, 0) is 38.3 Å². The summed E-state index contributed by atoms with van der Waals surface area (Å²) in [7, 11) is 0. The maximum absolute atomic E-state index is 9.24. The van der Waals surface area contributed by atoms with Gasteiger partial charge in [-0.3, -0.25) is 0 Å². The van der Waals surface area contributed by atoms with Gasteiger partial charge in [-0.15, -0.1) is 0 Å². The summed E-state index contributed by atoms with van der Waals surface area (Å²) in [6.45, 7) is 12.1. The van der Waals surface area contributed by atoms with Gasteiger partial charge in [0.2, 0.25) is 0 Å². The predicted molar refractivity (Wildman–Crippen MR) is 73.3 cm³/mol. The minimum atomic E-state index is 0.372. The Bertz CT molecular complexity index is 179. The van der Waals surface area contributed by atoms with Gasteiger partial charge in [0.1, 0.15) is 0 Å². The molecule has 0 aromatic carbocycles. The number of likely N-dealkylation sites (N-methyl/N-ethyl adjacent to an activating group) is 1. The first-order chi connectivity index (χ1) is 8.30. The van der Waals surface area contributed by atoms with E-state index in [2.05, 4.69) is 23.6 Å². The van der Waals surface area contributed by atoms with E-state index in [1.54, 1.807) is 0 Å². The SMILES string of the molecule is CCC[C@H](CO)CCCN1CCN(CC)CC1. The summed E-state index contributed by atoms with van der Waals surface area (Å²) in [6, 6.07) is 0. The lowest BCUT2D eigenvalue weighted by atomic mass is 9.99. The minimum Gasteiger partial charge on any atom is -0.396 e. The average molecular weight is 242 g/mol. The van der Waals surface area contributed by atoms with Gasteiger partial charge in [0, 0.05) is 32.8 Å². The van der Waals surface area contributed by atoms with E-state index in [0.717, 1.165) is 0 Å². The van der Waals surface area contributed by atoms with E-state index in [0.29, 0.717) is 12.5 Å². The fourth-order valence-corrected chi connectivity index (χ4v) is 2.67. The quantitative estimate of drug-likeness (QED) is 0.703. The van der Waals surface area contributed by atoms with E-state index in [9.17, 15) is 5.11 Å². The standard InChI is InChI=1S/C14H30N2O/c1-3-6-14(13-17)7-5-8-16-11-9-15(4-2)10-12-16/h14,17H,3-13H2,1-2H3/t14-/m0/s1. The fourth-order valence-electron chi connectivity index (χ4n) is 2.67. The van der Waals surface area contributed by atoms with E-state index in [1.807, 2.05) is 0 Å². The van der Waals surface area contributed by atoms with Gasteiger partial charge in [-0.25, -0.2) is 0 Å². The molecule has 0 saturated carbocycles.